The van der Waals surface area contributed by atoms with Crippen molar-refractivity contribution in [1.29, 1.82) is 0 Å². The van der Waals surface area contributed by atoms with Gasteiger partial charge in [0.05, 0.1) is 6.67 Å². The van der Waals surface area contributed by atoms with Crippen molar-refractivity contribution in [3.05, 3.63) is 83.9 Å². The van der Waals surface area contributed by atoms with E-state index in [1.165, 1.54) is 66.1 Å². The summed E-state index contributed by atoms with van der Waals surface area (Å²) in [6.07, 6.45) is 2.12. The minimum atomic E-state index is 0.850. The number of rotatable bonds is 10. The van der Waals surface area contributed by atoms with E-state index >= 15 is 0 Å². The molecule has 45 heavy (non-hydrogen) atoms. The molecule has 240 valence electrons. The number of hydrogen-bond donors (Lipinski definition) is 0. The van der Waals surface area contributed by atoms with E-state index in [-0.39, 0.29) is 0 Å². The van der Waals surface area contributed by atoms with Crippen molar-refractivity contribution in [1.82, 2.24) is 9.13 Å². The Balaban J connectivity index is 0.00000111. The Kier molecular flexibility index (Phi) is 11.6. The molecule has 0 fully saturated rings. The lowest BCUT2D eigenvalue weighted by Crippen LogP contribution is -2.38. The number of hydrogen-bond acceptors (Lipinski definition) is 2. The molecule has 6 aromatic rings. The van der Waals surface area contributed by atoms with Gasteiger partial charge in [-0.15, -0.1) is 0 Å². The fourth-order valence-corrected chi connectivity index (χ4v) is 6.73. The SMILES string of the molecule is CC.CC.CCc1ccc2c(c1)c1cc(N(CC)CN(CC)c3ccc4c(c3)c3cc(CC)ccc3n4CC)ccc1n2CC. The Labute approximate surface area is 272 Å². The molecule has 4 nitrogen and oxygen atoms in total. The number of nitrogens with zero attached hydrogens (tertiary/aromatic N) is 4. The van der Waals surface area contributed by atoms with E-state index < -0.39 is 0 Å². The van der Waals surface area contributed by atoms with Crippen LogP contribution in [0.5, 0.6) is 0 Å². The Bertz CT molecular complexity index is 1720. The molecule has 0 saturated carbocycles. The predicted molar refractivity (Wildman–Crippen MR) is 203 cm³/mol. The van der Waals surface area contributed by atoms with E-state index in [1.807, 2.05) is 27.7 Å². The molecule has 0 spiro atoms. The molecule has 0 saturated heterocycles. The molecule has 0 aliphatic carbocycles. The third-order valence-electron chi connectivity index (χ3n) is 9.11. The van der Waals surface area contributed by atoms with Crippen LogP contribution in [0.15, 0.2) is 72.8 Å². The van der Waals surface area contributed by atoms with Gasteiger partial charge >= 0.3 is 0 Å². The van der Waals surface area contributed by atoms with Gasteiger partial charge in [0.15, 0.2) is 0 Å². The van der Waals surface area contributed by atoms with Gasteiger partial charge < -0.3 is 18.9 Å². The highest BCUT2D eigenvalue weighted by atomic mass is 15.3. The molecule has 0 aliphatic rings. The standard InChI is InChI=1S/C37H44N4.2C2H6/c1-7-26-13-17-34-30(21-26)32-23-28(15-19-36(32)40(34)11-5)38(9-3)25-39(10-4)29-16-20-37-33(24-29)31-22-27(8-2)14-18-35(31)41(37)12-6;2*1-2/h13-24H,7-12,25H2,1-6H3;2*1-2H3. The summed E-state index contributed by atoms with van der Waals surface area (Å²) in [5.74, 6) is 0. The average molecular weight is 605 g/mol. The molecule has 2 aromatic heterocycles. The van der Waals surface area contributed by atoms with Crippen LogP contribution in [0.1, 0.15) is 80.4 Å². The van der Waals surface area contributed by atoms with Crippen LogP contribution in [0.3, 0.4) is 0 Å². The summed E-state index contributed by atoms with van der Waals surface area (Å²) in [5, 5.41) is 5.46. The highest BCUT2D eigenvalue weighted by Crippen LogP contribution is 2.35. The van der Waals surface area contributed by atoms with Crippen LogP contribution >= 0.6 is 0 Å². The summed E-state index contributed by atoms with van der Waals surface area (Å²) in [6.45, 7) is 26.2. The third kappa shape index (κ3) is 6.30. The van der Waals surface area contributed by atoms with Gasteiger partial charge in [-0.3, -0.25) is 0 Å². The first-order valence-electron chi connectivity index (χ1n) is 17.6. The smallest absolute Gasteiger partial charge is 0.0902 e. The van der Waals surface area contributed by atoms with Crippen molar-refractivity contribution in [2.45, 2.75) is 95.2 Å². The largest absolute Gasteiger partial charge is 0.354 e. The van der Waals surface area contributed by atoms with E-state index in [2.05, 4.69) is 133 Å². The number of fused-ring (bicyclic) bond motifs is 6. The van der Waals surface area contributed by atoms with Crippen LogP contribution in [0.4, 0.5) is 11.4 Å². The molecule has 4 aromatic carbocycles. The van der Waals surface area contributed by atoms with Crippen LogP contribution in [-0.2, 0) is 25.9 Å². The van der Waals surface area contributed by atoms with E-state index in [0.717, 1.165) is 45.7 Å². The summed E-state index contributed by atoms with van der Waals surface area (Å²) >= 11 is 0. The molecule has 0 aliphatic heterocycles. The maximum absolute atomic E-state index is 2.51. The normalized spacial score (nSPS) is 11.1. The van der Waals surface area contributed by atoms with Gasteiger partial charge in [-0.2, -0.15) is 0 Å². The van der Waals surface area contributed by atoms with Crippen LogP contribution < -0.4 is 9.80 Å². The summed E-state index contributed by atoms with van der Waals surface area (Å²) < 4.78 is 4.91. The molecule has 4 heteroatoms. The second kappa shape index (κ2) is 15.4. The monoisotopic (exact) mass is 604 g/mol. The van der Waals surface area contributed by atoms with Crippen molar-refractivity contribution in [2.24, 2.45) is 0 Å². The summed E-state index contributed by atoms with van der Waals surface area (Å²) in [6, 6.07) is 28.1. The number of anilines is 2. The van der Waals surface area contributed by atoms with E-state index in [9.17, 15) is 0 Å². The molecule has 0 unspecified atom stereocenters. The fourth-order valence-electron chi connectivity index (χ4n) is 6.73. The summed E-state index contributed by atoms with van der Waals surface area (Å²) in [4.78, 5) is 5.02. The summed E-state index contributed by atoms with van der Waals surface area (Å²) in [5.41, 5.74) is 10.7. The number of aromatic nitrogens is 2. The van der Waals surface area contributed by atoms with Crippen molar-refractivity contribution in [2.75, 3.05) is 29.6 Å². The zero-order chi connectivity index (χ0) is 32.7. The Morgan fingerprint density at radius 3 is 1.09 bits per heavy atom. The van der Waals surface area contributed by atoms with Gasteiger partial charge in [0, 0.05) is 81.2 Å². The molecule has 2 heterocycles. The molecule has 0 N–H and O–H groups in total. The van der Waals surface area contributed by atoms with E-state index in [4.69, 9.17) is 0 Å². The van der Waals surface area contributed by atoms with Gasteiger partial charge in [-0.25, -0.2) is 0 Å². The number of aryl methyl sites for hydroxylation is 4. The Hall–Kier alpha value is -3.92. The zero-order valence-electron chi connectivity index (χ0n) is 29.7. The number of benzene rings is 4. The van der Waals surface area contributed by atoms with Crippen LogP contribution in [0.25, 0.3) is 43.6 Å². The first-order valence-corrected chi connectivity index (χ1v) is 17.6. The molecular weight excluding hydrogens is 548 g/mol. The van der Waals surface area contributed by atoms with Gasteiger partial charge in [0.1, 0.15) is 0 Å². The van der Waals surface area contributed by atoms with Gasteiger partial charge in [-0.1, -0.05) is 53.7 Å². The lowest BCUT2D eigenvalue weighted by molar-refractivity contribution is 0.754. The lowest BCUT2D eigenvalue weighted by Gasteiger charge is -2.32. The minimum Gasteiger partial charge on any atom is -0.354 e. The minimum absolute atomic E-state index is 0.850. The van der Waals surface area contributed by atoms with Gasteiger partial charge in [0.2, 0.25) is 0 Å². The molecule has 0 bridgehead atoms. The second-order valence-electron chi connectivity index (χ2n) is 11.2. The average Bonchev–Trinajstić information content (AvgIpc) is 3.60. The van der Waals surface area contributed by atoms with Gasteiger partial charge in [-0.05, 0) is 112 Å². The van der Waals surface area contributed by atoms with E-state index in [0.29, 0.717) is 0 Å². The molecule has 0 amide bonds. The first kappa shape index (κ1) is 34.0. The second-order valence-corrected chi connectivity index (χ2v) is 11.2. The molecule has 0 atom stereocenters. The fraction of sp³-hybridized carbons (Fsp3) is 0.415. The Morgan fingerprint density at radius 1 is 0.444 bits per heavy atom. The molecule has 0 radical (unpaired) electrons. The van der Waals surface area contributed by atoms with Crippen molar-refractivity contribution < 1.29 is 0 Å². The predicted octanol–water partition coefficient (Wildman–Crippen LogP) is 11.4. The van der Waals surface area contributed by atoms with Gasteiger partial charge in [0.25, 0.3) is 0 Å². The highest BCUT2D eigenvalue weighted by Gasteiger charge is 2.17. The van der Waals surface area contributed by atoms with Crippen molar-refractivity contribution in [3.63, 3.8) is 0 Å². The van der Waals surface area contributed by atoms with Crippen molar-refractivity contribution in [3.8, 4) is 0 Å². The first-order chi connectivity index (χ1) is 22.0. The van der Waals surface area contributed by atoms with Crippen molar-refractivity contribution >= 4 is 55.0 Å². The van der Waals surface area contributed by atoms with Crippen LogP contribution in [0.2, 0.25) is 0 Å². The topological polar surface area (TPSA) is 16.3 Å². The highest BCUT2D eigenvalue weighted by molar-refractivity contribution is 6.10. The maximum atomic E-state index is 2.51. The van der Waals surface area contributed by atoms with E-state index in [1.54, 1.807) is 0 Å². The quantitative estimate of drug-likeness (QED) is 0.145. The summed E-state index contributed by atoms with van der Waals surface area (Å²) in [7, 11) is 0. The van der Waals surface area contributed by atoms with Crippen LogP contribution in [0, 0.1) is 0 Å². The maximum Gasteiger partial charge on any atom is 0.0902 e. The van der Waals surface area contributed by atoms with Crippen LogP contribution in [-0.4, -0.2) is 28.9 Å². The lowest BCUT2D eigenvalue weighted by atomic mass is 10.1. The third-order valence-corrected chi connectivity index (χ3v) is 9.11. The molecular formula is C41H56N4. The molecule has 6 rings (SSSR count). The Morgan fingerprint density at radius 2 is 0.778 bits per heavy atom. The zero-order valence-corrected chi connectivity index (χ0v) is 29.7.